The normalized spacial score (nSPS) is 11.2. The second-order valence-electron chi connectivity index (χ2n) is 7.52. The van der Waals surface area contributed by atoms with E-state index in [1.54, 1.807) is 12.1 Å². The van der Waals surface area contributed by atoms with Crippen LogP contribution in [0.5, 0.6) is 34.5 Å². The monoisotopic (exact) mass is 516 g/mol. The first kappa shape index (κ1) is 25.4. The van der Waals surface area contributed by atoms with E-state index in [1.807, 2.05) is 0 Å². The van der Waals surface area contributed by atoms with Crippen molar-refractivity contribution in [3.63, 3.8) is 0 Å². The fourth-order valence-electron chi connectivity index (χ4n) is 3.37. The molecule has 0 aliphatic rings. The highest BCUT2D eigenvalue weighted by Crippen LogP contribution is 2.39. The molecule has 192 valence electrons. The molecule has 0 aliphatic carbocycles. The van der Waals surface area contributed by atoms with Crippen molar-refractivity contribution in [2.45, 2.75) is 6.18 Å². The lowest BCUT2D eigenvalue weighted by Crippen LogP contribution is -2.15. The molecular formula is C26H19F3O8. The molecule has 1 aromatic heterocycles. The van der Waals surface area contributed by atoms with Gasteiger partial charge in [-0.25, -0.2) is 4.79 Å². The smallest absolute Gasteiger partial charge is 0.453 e. The molecule has 4 rings (SSSR count). The van der Waals surface area contributed by atoms with Gasteiger partial charge in [0, 0.05) is 18.2 Å². The molecule has 37 heavy (non-hydrogen) atoms. The van der Waals surface area contributed by atoms with Gasteiger partial charge in [0.15, 0.2) is 0 Å². The highest BCUT2D eigenvalue weighted by molar-refractivity contribution is 5.92. The van der Waals surface area contributed by atoms with Gasteiger partial charge in [-0.1, -0.05) is 6.07 Å². The second kappa shape index (κ2) is 10.1. The minimum atomic E-state index is -5.06. The summed E-state index contributed by atoms with van der Waals surface area (Å²) in [4.78, 5) is 25.7. The maximum atomic E-state index is 13.8. The summed E-state index contributed by atoms with van der Waals surface area (Å²) in [7, 11) is 4.18. The van der Waals surface area contributed by atoms with E-state index in [9.17, 15) is 22.8 Å². The Kier molecular flexibility index (Phi) is 6.96. The number of carbonyl (C=O) groups excluding carboxylic acids is 1. The van der Waals surface area contributed by atoms with Crippen LogP contribution in [-0.2, 0) is 6.18 Å². The quantitative estimate of drug-likeness (QED) is 0.223. The first-order valence-electron chi connectivity index (χ1n) is 10.6. The van der Waals surface area contributed by atoms with Gasteiger partial charge in [0.25, 0.3) is 5.76 Å². The predicted octanol–water partition coefficient (Wildman–Crippen LogP) is 5.85. The van der Waals surface area contributed by atoms with E-state index in [0.29, 0.717) is 17.2 Å². The van der Waals surface area contributed by atoms with Gasteiger partial charge < -0.3 is 28.1 Å². The molecule has 0 radical (unpaired) electrons. The Labute approximate surface area is 207 Å². The number of methoxy groups -OCH3 is 3. The largest absolute Gasteiger partial charge is 0.497 e. The molecule has 1 heterocycles. The van der Waals surface area contributed by atoms with Crippen molar-refractivity contribution in [3.8, 4) is 34.5 Å². The van der Waals surface area contributed by atoms with Crippen LogP contribution in [0.4, 0.5) is 13.2 Å². The van der Waals surface area contributed by atoms with E-state index in [4.69, 9.17) is 28.1 Å². The van der Waals surface area contributed by atoms with Crippen molar-refractivity contribution in [1.82, 2.24) is 0 Å². The van der Waals surface area contributed by atoms with Gasteiger partial charge in [-0.15, -0.1) is 0 Å². The van der Waals surface area contributed by atoms with Crippen molar-refractivity contribution >= 4 is 16.9 Å². The third-order valence-corrected chi connectivity index (χ3v) is 5.14. The fraction of sp³-hybridized carbons (Fsp3) is 0.154. The van der Waals surface area contributed by atoms with Crippen LogP contribution in [0.25, 0.3) is 11.0 Å². The molecule has 0 atom stereocenters. The highest BCUT2D eigenvalue weighted by atomic mass is 19.4. The van der Waals surface area contributed by atoms with E-state index in [2.05, 4.69) is 0 Å². The number of benzene rings is 3. The molecular weight excluding hydrogens is 497 g/mol. The average molecular weight is 516 g/mol. The first-order chi connectivity index (χ1) is 17.6. The molecule has 0 aliphatic heterocycles. The number of esters is 1. The van der Waals surface area contributed by atoms with E-state index < -0.39 is 34.7 Å². The number of hydrogen-bond donors (Lipinski definition) is 0. The zero-order valence-electron chi connectivity index (χ0n) is 19.7. The summed E-state index contributed by atoms with van der Waals surface area (Å²) < 4.78 is 72.4. The molecule has 11 heteroatoms. The van der Waals surface area contributed by atoms with Crippen LogP contribution in [-0.4, -0.2) is 27.3 Å². The van der Waals surface area contributed by atoms with Crippen molar-refractivity contribution in [1.29, 1.82) is 0 Å². The summed E-state index contributed by atoms with van der Waals surface area (Å²) in [6, 6.07) is 13.5. The topological polar surface area (TPSA) is 93.4 Å². The molecule has 0 saturated carbocycles. The van der Waals surface area contributed by atoms with Crippen LogP contribution in [0, 0.1) is 0 Å². The van der Waals surface area contributed by atoms with Crippen LogP contribution in [0.1, 0.15) is 16.1 Å². The number of hydrogen-bond acceptors (Lipinski definition) is 8. The van der Waals surface area contributed by atoms with Crippen molar-refractivity contribution < 1.29 is 46.1 Å². The van der Waals surface area contributed by atoms with Gasteiger partial charge in [-0.3, -0.25) is 4.79 Å². The third-order valence-electron chi connectivity index (χ3n) is 5.14. The van der Waals surface area contributed by atoms with Gasteiger partial charge in [0.2, 0.25) is 11.2 Å². The Morgan fingerprint density at radius 2 is 1.41 bits per heavy atom. The molecule has 0 amide bonds. The number of rotatable bonds is 7. The van der Waals surface area contributed by atoms with E-state index in [-0.39, 0.29) is 22.4 Å². The molecule has 0 N–H and O–H groups in total. The molecule has 3 aromatic carbocycles. The minimum Gasteiger partial charge on any atom is -0.497 e. The number of carbonyl (C=O) groups is 1. The van der Waals surface area contributed by atoms with Gasteiger partial charge in [-0.2, -0.15) is 13.2 Å². The number of fused-ring (bicyclic) bond motifs is 1. The number of ether oxygens (including phenoxy) is 5. The maximum Gasteiger partial charge on any atom is 0.453 e. The summed E-state index contributed by atoms with van der Waals surface area (Å²) in [6.07, 6.45) is -5.06. The molecule has 0 spiro atoms. The molecule has 0 bridgehead atoms. The lowest BCUT2D eigenvalue weighted by molar-refractivity contribution is -0.154. The zero-order chi connectivity index (χ0) is 26.7. The average Bonchev–Trinajstić information content (AvgIpc) is 2.89. The molecule has 8 nitrogen and oxygen atoms in total. The summed E-state index contributed by atoms with van der Waals surface area (Å²) >= 11 is 0. The summed E-state index contributed by atoms with van der Waals surface area (Å²) in [5.74, 6) is -2.77. The van der Waals surface area contributed by atoms with E-state index >= 15 is 0 Å². The van der Waals surface area contributed by atoms with Crippen molar-refractivity contribution in [2.75, 3.05) is 21.3 Å². The van der Waals surface area contributed by atoms with Gasteiger partial charge in [0.1, 0.15) is 34.3 Å². The maximum absolute atomic E-state index is 13.8. The molecule has 0 fully saturated rings. The Hall–Kier alpha value is -4.67. The van der Waals surface area contributed by atoms with Crippen molar-refractivity contribution in [2.24, 2.45) is 0 Å². The van der Waals surface area contributed by atoms with Gasteiger partial charge >= 0.3 is 12.1 Å². The Balaban J connectivity index is 1.73. The van der Waals surface area contributed by atoms with Gasteiger partial charge in [-0.05, 0) is 36.4 Å². The first-order valence-corrected chi connectivity index (χ1v) is 10.6. The van der Waals surface area contributed by atoms with Gasteiger partial charge in [0.05, 0.1) is 32.3 Å². The van der Waals surface area contributed by atoms with Crippen LogP contribution in [0.3, 0.4) is 0 Å². The second-order valence-corrected chi connectivity index (χ2v) is 7.52. The van der Waals surface area contributed by atoms with E-state index in [1.165, 1.54) is 63.8 Å². The summed E-state index contributed by atoms with van der Waals surface area (Å²) in [6.45, 7) is 0. The minimum absolute atomic E-state index is 0.0595. The Morgan fingerprint density at radius 1 is 0.784 bits per heavy atom. The third kappa shape index (κ3) is 5.45. The molecule has 4 aromatic rings. The molecule has 0 unspecified atom stereocenters. The lowest BCUT2D eigenvalue weighted by atomic mass is 10.2. The number of halogens is 3. The molecule has 0 saturated heterocycles. The fourth-order valence-corrected chi connectivity index (χ4v) is 3.37. The Morgan fingerprint density at radius 3 is 2.03 bits per heavy atom. The number of alkyl halides is 3. The zero-order valence-corrected chi connectivity index (χ0v) is 19.7. The lowest BCUT2D eigenvalue weighted by Gasteiger charge is -2.14. The predicted molar refractivity (Wildman–Crippen MR) is 125 cm³/mol. The standard InChI is InChI=1S/C26H19F3O8/c1-32-15-5-4-6-16(11-15)35-23-22(30)20-8-7-17(13-21(20)37-24(23)26(27,28)29)36-25(31)14-9-18(33-2)12-19(10-14)34-3/h4-13H,1-3H3. The van der Waals surface area contributed by atoms with Crippen LogP contribution >= 0.6 is 0 Å². The van der Waals surface area contributed by atoms with Crippen LogP contribution in [0.2, 0.25) is 0 Å². The van der Waals surface area contributed by atoms with Crippen LogP contribution < -0.4 is 29.1 Å². The van der Waals surface area contributed by atoms with Crippen molar-refractivity contribution in [3.05, 3.63) is 82.2 Å². The summed E-state index contributed by atoms with van der Waals surface area (Å²) in [5.41, 5.74) is -1.45. The Bertz CT molecular complexity index is 1500. The SMILES string of the molecule is COc1cccc(Oc2c(C(F)(F)F)oc3cc(OC(=O)c4cc(OC)cc(OC)c4)ccc3c2=O)c1. The highest BCUT2D eigenvalue weighted by Gasteiger charge is 2.40. The van der Waals surface area contributed by atoms with Crippen LogP contribution in [0.15, 0.2) is 69.9 Å². The summed E-state index contributed by atoms with van der Waals surface area (Å²) in [5, 5.41) is -0.214. The van der Waals surface area contributed by atoms with E-state index in [0.717, 1.165) is 6.07 Å².